The molecule has 0 spiro atoms. The van der Waals surface area contributed by atoms with E-state index in [1.165, 1.54) is 76.3 Å². The van der Waals surface area contributed by atoms with Crippen LogP contribution >= 0.6 is 0 Å². The Bertz CT molecular complexity index is 870. The van der Waals surface area contributed by atoms with E-state index in [2.05, 4.69) is 6.92 Å². The molecular formula is C29H37F3. The van der Waals surface area contributed by atoms with E-state index in [0.29, 0.717) is 5.92 Å². The predicted molar refractivity (Wildman–Crippen MR) is 126 cm³/mol. The number of halogens is 3. The van der Waals surface area contributed by atoms with Gasteiger partial charge >= 0.3 is 0 Å². The zero-order valence-electron chi connectivity index (χ0n) is 19.4. The first kappa shape index (κ1) is 23.4. The smallest absolute Gasteiger partial charge is 0.131 e. The van der Waals surface area contributed by atoms with Crippen LogP contribution in [-0.4, -0.2) is 0 Å². The minimum atomic E-state index is -0.682. The number of benzene rings is 2. The van der Waals surface area contributed by atoms with Crippen molar-refractivity contribution in [3.63, 3.8) is 0 Å². The van der Waals surface area contributed by atoms with Crippen molar-refractivity contribution in [2.75, 3.05) is 0 Å². The van der Waals surface area contributed by atoms with Crippen LogP contribution in [0.4, 0.5) is 13.2 Å². The van der Waals surface area contributed by atoms with Crippen LogP contribution in [0.1, 0.15) is 95.5 Å². The molecule has 2 aliphatic rings. The van der Waals surface area contributed by atoms with E-state index in [1.807, 2.05) is 6.07 Å². The maximum atomic E-state index is 14.9. The molecule has 0 heterocycles. The summed E-state index contributed by atoms with van der Waals surface area (Å²) >= 11 is 0. The van der Waals surface area contributed by atoms with Crippen molar-refractivity contribution in [2.24, 2.45) is 17.8 Å². The lowest BCUT2D eigenvalue weighted by atomic mass is 9.63. The average Bonchev–Trinajstić information content (AvgIpc) is 2.78. The number of unbranched alkanes of at least 4 members (excludes halogenated alkanes) is 4. The van der Waals surface area contributed by atoms with Gasteiger partial charge in [0.15, 0.2) is 0 Å². The van der Waals surface area contributed by atoms with Gasteiger partial charge in [-0.15, -0.1) is 0 Å². The SMILES string of the molecule is CCCCCCCC1CCC2CC(c3ccc(-c4cc(F)cc(F)c4)c(F)c3)CCC2C1. The lowest BCUT2D eigenvalue weighted by molar-refractivity contribution is 0.113. The second kappa shape index (κ2) is 10.9. The summed E-state index contributed by atoms with van der Waals surface area (Å²) in [6.07, 6.45) is 15.9. The number of hydrogen-bond donors (Lipinski definition) is 0. The molecule has 2 fully saturated rings. The number of hydrogen-bond acceptors (Lipinski definition) is 0. The lowest BCUT2D eigenvalue weighted by Crippen LogP contribution is -2.30. The maximum absolute atomic E-state index is 14.9. The minimum absolute atomic E-state index is 0.253. The highest BCUT2D eigenvalue weighted by molar-refractivity contribution is 5.64. The molecule has 4 rings (SSSR count). The van der Waals surface area contributed by atoms with E-state index in [1.54, 1.807) is 12.1 Å². The fourth-order valence-electron chi connectivity index (χ4n) is 6.32. The molecule has 0 radical (unpaired) electrons. The molecule has 2 aliphatic carbocycles. The van der Waals surface area contributed by atoms with Gasteiger partial charge < -0.3 is 0 Å². The molecule has 174 valence electrons. The summed E-state index contributed by atoms with van der Waals surface area (Å²) in [7, 11) is 0. The van der Waals surface area contributed by atoms with Crippen molar-refractivity contribution in [3.8, 4) is 11.1 Å². The van der Waals surface area contributed by atoms with Crippen LogP contribution in [0.15, 0.2) is 36.4 Å². The molecule has 4 atom stereocenters. The molecule has 3 heteroatoms. The van der Waals surface area contributed by atoms with Gasteiger partial charge in [-0.1, -0.05) is 64.0 Å². The Morgan fingerprint density at radius 3 is 2.22 bits per heavy atom. The van der Waals surface area contributed by atoms with Crippen LogP contribution in [0, 0.1) is 35.2 Å². The van der Waals surface area contributed by atoms with Crippen LogP contribution in [-0.2, 0) is 0 Å². The highest BCUT2D eigenvalue weighted by Gasteiger charge is 2.35. The highest BCUT2D eigenvalue weighted by atomic mass is 19.1. The first-order valence-corrected chi connectivity index (χ1v) is 12.8. The largest absolute Gasteiger partial charge is 0.207 e. The molecule has 2 saturated carbocycles. The third-order valence-electron chi connectivity index (χ3n) is 8.08. The summed E-state index contributed by atoms with van der Waals surface area (Å²) < 4.78 is 42.0. The molecule has 0 aliphatic heterocycles. The first-order chi connectivity index (χ1) is 15.5. The molecule has 2 aromatic carbocycles. The standard InChI is InChI=1S/C29H37F3/c1-2-3-4-5-6-7-20-8-9-22-15-23(11-10-21(22)14-20)24-12-13-28(29(32)18-24)25-16-26(30)19-27(31)17-25/h12-13,16-23H,2-11,14-15H2,1H3. The van der Waals surface area contributed by atoms with E-state index < -0.39 is 11.6 Å². The van der Waals surface area contributed by atoms with Crippen LogP contribution in [0.5, 0.6) is 0 Å². The van der Waals surface area contributed by atoms with Crippen LogP contribution in [0.3, 0.4) is 0 Å². The Balaban J connectivity index is 1.34. The van der Waals surface area contributed by atoms with E-state index in [0.717, 1.165) is 42.2 Å². The van der Waals surface area contributed by atoms with E-state index in [9.17, 15) is 13.2 Å². The quantitative estimate of drug-likeness (QED) is 0.357. The van der Waals surface area contributed by atoms with Crippen molar-refractivity contribution in [1.82, 2.24) is 0 Å². The average molecular weight is 443 g/mol. The Morgan fingerprint density at radius 1 is 0.750 bits per heavy atom. The van der Waals surface area contributed by atoms with Gasteiger partial charge in [0, 0.05) is 11.6 Å². The minimum Gasteiger partial charge on any atom is -0.207 e. The Kier molecular flexibility index (Phi) is 7.97. The fraction of sp³-hybridized carbons (Fsp3) is 0.586. The van der Waals surface area contributed by atoms with Gasteiger partial charge in [0.1, 0.15) is 17.5 Å². The number of rotatable bonds is 8. The normalized spacial score (nSPS) is 25.5. The topological polar surface area (TPSA) is 0 Å². The van der Waals surface area contributed by atoms with Gasteiger partial charge in [-0.3, -0.25) is 0 Å². The van der Waals surface area contributed by atoms with Crippen molar-refractivity contribution < 1.29 is 13.2 Å². The Hall–Kier alpha value is -1.77. The van der Waals surface area contributed by atoms with Gasteiger partial charge in [0.2, 0.25) is 0 Å². The predicted octanol–water partition coefficient (Wildman–Crippen LogP) is 9.43. The molecule has 0 nitrogen and oxygen atoms in total. The van der Waals surface area contributed by atoms with Crippen molar-refractivity contribution >= 4 is 0 Å². The third-order valence-corrected chi connectivity index (χ3v) is 8.08. The summed E-state index contributed by atoms with van der Waals surface area (Å²) in [5.74, 6) is 1.18. The van der Waals surface area contributed by atoms with Crippen LogP contribution < -0.4 is 0 Å². The zero-order valence-corrected chi connectivity index (χ0v) is 19.4. The van der Waals surface area contributed by atoms with E-state index >= 15 is 0 Å². The molecule has 4 unspecified atom stereocenters. The fourth-order valence-corrected chi connectivity index (χ4v) is 6.32. The summed E-state index contributed by atoms with van der Waals surface area (Å²) in [5, 5.41) is 0. The molecule has 0 N–H and O–H groups in total. The van der Waals surface area contributed by atoms with Crippen molar-refractivity contribution in [1.29, 1.82) is 0 Å². The summed E-state index contributed by atoms with van der Waals surface area (Å²) in [4.78, 5) is 0. The Morgan fingerprint density at radius 2 is 1.47 bits per heavy atom. The summed E-state index contributed by atoms with van der Waals surface area (Å²) in [6, 6.07) is 8.46. The molecule has 0 saturated heterocycles. The van der Waals surface area contributed by atoms with Crippen molar-refractivity contribution in [3.05, 3.63) is 59.4 Å². The van der Waals surface area contributed by atoms with Gasteiger partial charge in [0.25, 0.3) is 0 Å². The second-order valence-corrected chi connectivity index (χ2v) is 10.3. The van der Waals surface area contributed by atoms with Crippen LogP contribution in [0.2, 0.25) is 0 Å². The molecule has 0 amide bonds. The number of fused-ring (bicyclic) bond motifs is 1. The van der Waals surface area contributed by atoms with Gasteiger partial charge in [0.05, 0.1) is 0 Å². The van der Waals surface area contributed by atoms with Gasteiger partial charge in [-0.2, -0.15) is 0 Å². The monoisotopic (exact) mass is 442 g/mol. The van der Waals surface area contributed by atoms with Crippen LogP contribution in [0.25, 0.3) is 11.1 Å². The zero-order chi connectivity index (χ0) is 22.5. The molecule has 2 aromatic rings. The highest BCUT2D eigenvalue weighted by Crippen LogP contribution is 2.48. The summed E-state index contributed by atoms with van der Waals surface area (Å²) in [6.45, 7) is 2.27. The molecule has 32 heavy (non-hydrogen) atoms. The molecule has 0 bridgehead atoms. The van der Waals surface area contributed by atoms with Gasteiger partial charge in [-0.25, -0.2) is 13.2 Å². The Labute approximate surface area is 191 Å². The van der Waals surface area contributed by atoms with E-state index in [4.69, 9.17) is 0 Å². The molecule has 0 aromatic heterocycles. The summed E-state index contributed by atoms with van der Waals surface area (Å²) in [5.41, 5.74) is 1.56. The second-order valence-electron chi connectivity index (χ2n) is 10.3. The third kappa shape index (κ3) is 5.77. The first-order valence-electron chi connectivity index (χ1n) is 12.8. The molecular weight excluding hydrogens is 405 g/mol. The van der Waals surface area contributed by atoms with Gasteiger partial charge in [-0.05, 0) is 85.1 Å². The van der Waals surface area contributed by atoms with Crippen molar-refractivity contribution in [2.45, 2.75) is 89.9 Å². The lowest BCUT2D eigenvalue weighted by Gasteiger charge is -2.42. The maximum Gasteiger partial charge on any atom is 0.131 e. The van der Waals surface area contributed by atoms with E-state index in [-0.39, 0.29) is 16.9 Å².